The summed E-state index contributed by atoms with van der Waals surface area (Å²) in [5.41, 5.74) is 0.661. The van der Waals surface area contributed by atoms with Crippen molar-refractivity contribution in [2.45, 2.75) is 16.6 Å². The summed E-state index contributed by atoms with van der Waals surface area (Å²) in [7, 11) is -3.89. The number of benzene rings is 2. The lowest BCUT2D eigenvalue weighted by Crippen LogP contribution is -2.26. The van der Waals surface area contributed by atoms with Crippen LogP contribution in [0, 0.1) is 0 Å². The maximum atomic E-state index is 12.6. The Hall–Kier alpha value is -3.28. The van der Waals surface area contributed by atoms with Crippen molar-refractivity contribution in [2.75, 3.05) is 5.32 Å². The molecule has 2 aromatic carbocycles. The average Bonchev–Trinajstić information content (AvgIpc) is 2.71. The number of ketones is 2. The Kier molecular flexibility index (Phi) is 6.39. The zero-order chi connectivity index (χ0) is 22.8. The van der Waals surface area contributed by atoms with E-state index in [1.165, 1.54) is 36.4 Å². The fourth-order valence-electron chi connectivity index (χ4n) is 2.82. The number of fused-ring (bicyclic) bond motifs is 1. The number of amides is 1. The van der Waals surface area contributed by atoms with E-state index in [9.17, 15) is 32.7 Å². The second-order valence-electron chi connectivity index (χ2n) is 6.51. The van der Waals surface area contributed by atoms with Crippen LogP contribution in [0.5, 0.6) is 0 Å². The van der Waals surface area contributed by atoms with Crippen LogP contribution in [0.4, 0.5) is 5.69 Å². The molecule has 0 heterocycles. The van der Waals surface area contributed by atoms with E-state index in [2.05, 4.69) is 5.32 Å². The van der Waals surface area contributed by atoms with Crippen molar-refractivity contribution in [1.29, 1.82) is 0 Å². The third-order valence-corrected chi connectivity index (χ3v) is 6.44. The molecule has 1 aliphatic rings. The highest BCUT2D eigenvalue weighted by atomic mass is 32.2. The molecule has 0 fully saturated rings. The van der Waals surface area contributed by atoms with Crippen molar-refractivity contribution in [1.82, 2.24) is 0 Å². The lowest BCUT2D eigenvalue weighted by molar-refractivity contribution is -0.137. The van der Waals surface area contributed by atoms with Crippen molar-refractivity contribution in [3.8, 4) is 0 Å². The second-order valence-corrected chi connectivity index (χ2v) is 9.32. The van der Waals surface area contributed by atoms with Crippen LogP contribution in [0.3, 0.4) is 0 Å². The van der Waals surface area contributed by atoms with Gasteiger partial charge >= 0.3 is 5.97 Å². The van der Waals surface area contributed by atoms with Crippen LogP contribution in [0.15, 0.2) is 64.4 Å². The highest BCUT2D eigenvalue weighted by molar-refractivity contribution is 8.05. The molecule has 2 aromatic rings. The van der Waals surface area contributed by atoms with Crippen LogP contribution in [0.1, 0.15) is 27.1 Å². The minimum Gasteiger partial charge on any atom is -0.480 e. The Bertz CT molecular complexity index is 1220. The van der Waals surface area contributed by atoms with Gasteiger partial charge in [-0.05, 0) is 24.3 Å². The van der Waals surface area contributed by atoms with Crippen molar-refractivity contribution >= 4 is 50.9 Å². The van der Waals surface area contributed by atoms with E-state index in [4.69, 9.17) is 5.14 Å². The number of carbonyl (C=O) groups is 4. The predicted molar refractivity (Wildman–Crippen MR) is 113 cm³/mol. The first-order valence-electron chi connectivity index (χ1n) is 8.78. The molecule has 1 unspecified atom stereocenters. The van der Waals surface area contributed by atoms with Gasteiger partial charge in [-0.25, -0.2) is 13.6 Å². The molecule has 0 aliphatic heterocycles. The van der Waals surface area contributed by atoms with E-state index in [0.29, 0.717) is 11.8 Å². The van der Waals surface area contributed by atoms with Crippen molar-refractivity contribution in [3.63, 3.8) is 0 Å². The molecule has 4 N–H and O–H groups in total. The standard InChI is InChI=1S/C20H16N2O7S2/c21-31(28,29)12-7-5-11(6-8-12)22-18(24)10-17(20(26)27)30-16-9-15(23)13-3-1-2-4-14(13)19(16)25/h1-9,17H,10H2,(H,22,24)(H,26,27)(H2,21,28,29). The van der Waals surface area contributed by atoms with Crippen LogP contribution in [-0.2, 0) is 19.6 Å². The first kappa shape index (κ1) is 22.4. The van der Waals surface area contributed by atoms with E-state index < -0.39 is 45.1 Å². The van der Waals surface area contributed by atoms with Crippen LogP contribution in [-0.4, -0.2) is 42.2 Å². The minimum absolute atomic E-state index is 0.0543. The van der Waals surface area contributed by atoms with Gasteiger partial charge in [0.2, 0.25) is 15.9 Å². The first-order valence-corrected chi connectivity index (χ1v) is 11.2. The number of primary sulfonamides is 1. The first-order chi connectivity index (χ1) is 14.6. The number of thioether (sulfide) groups is 1. The van der Waals surface area contributed by atoms with E-state index >= 15 is 0 Å². The highest BCUT2D eigenvalue weighted by Gasteiger charge is 2.31. The molecule has 11 heteroatoms. The number of carbonyl (C=O) groups excluding carboxylic acids is 3. The SMILES string of the molecule is NS(=O)(=O)c1ccc(NC(=O)CC(SC2=CC(=O)c3ccccc3C2=O)C(=O)O)cc1. The van der Waals surface area contributed by atoms with E-state index in [-0.39, 0.29) is 26.6 Å². The van der Waals surface area contributed by atoms with Crippen molar-refractivity contribution in [3.05, 3.63) is 70.6 Å². The summed E-state index contributed by atoms with van der Waals surface area (Å²) in [6.45, 7) is 0. The number of hydrogen-bond donors (Lipinski definition) is 3. The molecular weight excluding hydrogens is 444 g/mol. The molecule has 0 bridgehead atoms. The third-order valence-electron chi connectivity index (χ3n) is 4.31. The zero-order valence-electron chi connectivity index (χ0n) is 15.8. The number of rotatable bonds is 7. The summed E-state index contributed by atoms with van der Waals surface area (Å²) in [5, 5.41) is 15.6. The number of allylic oxidation sites excluding steroid dienone is 2. The number of nitrogens with two attached hydrogens (primary N) is 1. The average molecular weight is 460 g/mol. The van der Waals surface area contributed by atoms with Gasteiger partial charge in [0.1, 0.15) is 5.25 Å². The number of anilines is 1. The molecule has 160 valence electrons. The van der Waals surface area contributed by atoms with Gasteiger partial charge in [0, 0.05) is 29.3 Å². The summed E-state index contributed by atoms with van der Waals surface area (Å²) in [6.07, 6.45) is 0.590. The largest absolute Gasteiger partial charge is 0.480 e. The normalized spacial score (nSPS) is 14.4. The predicted octanol–water partition coefficient (Wildman–Crippen LogP) is 1.81. The number of aliphatic carboxylic acids is 1. The third kappa shape index (κ3) is 5.26. The molecule has 0 saturated carbocycles. The van der Waals surface area contributed by atoms with Crippen molar-refractivity contribution < 1.29 is 32.7 Å². The van der Waals surface area contributed by atoms with E-state index in [1.54, 1.807) is 12.1 Å². The van der Waals surface area contributed by atoms with Gasteiger partial charge in [-0.1, -0.05) is 24.3 Å². The number of sulfonamides is 1. The Balaban J connectivity index is 1.70. The molecule has 3 rings (SSSR count). The van der Waals surface area contributed by atoms with Gasteiger partial charge in [-0.3, -0.25) is 19.2 Å². The number of carboxylic acids is 1. The second kappa shape index (κ2) is 8.84. The maximum absolute atomic E-state index is 12.6. The molecule has 0 aromatic heterocycles. The summed E-state index contributed by atoms with van der Waals surface area (Å²) in [4.78, 5) is 48.6. The molecule has 9 nitrogen and oxygen atoms in total. The lowest BCUT2D eigenvalue weighted by Gasteiger charge is -2.17. The summed E-state index contributed by atoms with van der Waals surface area (Å²) < 4.78 is 22.5. The highest BCUT2D eigenvalue weighted by Crippen LogP contribution is 2.32. The summed E-state index contributed by atoms with van der Waals surface area (Å²) >= 11 is 0.628. The Labute approximate surface area is 181 Å². The molecule has 1 amide bonds. The molecule has 31 heavy (non-hydrogen) atoms. The summed E-state index contributed by atoms with van der Waals surface area (Å²) in [6, 6.07) is 11.2. The van der Waals surface area contributed by atoms with Gasteiger partial charge < -0.3 is 10.4 Å². The van der Waals surface area contributed by atoms with Crippen LogP contribution < -0.4 is 10.5 Å². The Morgan fingerprint density at radius 2 is 1.65 bits per heavy atom. The smallest absolute Gasteiger partial charge is 0.317 e. The van der Waals surface area contributed by atoms with Crippen molar-refractivity contribution in [2.24, 2.45) is 5.14 Å². The van der Waals surface area contributed by atoms with Gasteiger partial charge in [0.15, 0.2) is 11.6 Å². The van der Waals surface area contributed by atoms with Gasteiger partial charge in [0.05, 0.1) is 9.80 Å². The number of nitrogens with one attached hydrogen (secondary N) is 1. The van der Waals surface area contributed by atoms with Crippen LogP contribution in [0.2, 0.25) is 0 Å². The van der Waals surface area contributed by atoms with Gasteiger partial charge in [-0.15, -0.1) is 11.8 Å². The zero-order valence-corrected chi connectivity index (χ0v) is 17.4. The number of carboxylic acid groups (broad SMARTS) is 1. The molecule has 0 saturated heterocycles. The maximum Gasteiger partial charge on any atom is 0.317 e. The fourth-order valence-corrected chi connectivity index (χ4v) is 4.37. The number of Topliss-reactive ketones (excluding diaryl/α,β-unsaturated/α-hetero) is 1. The molecule has 1 atom stereocenters. The molecule has 0 radical (unpaired) electrons. The van der Waals surface area contributed by atoms with E-state index in [0.717, 1.165) is 6.08 Å². The fraction of sp³-hybridized carbons (Fsp3) is 0.100. The Morgan fingerprint density at radius 1 is 1.03 bits per heavy atom. The molecular formula is C20H16N2O7S2. The monoisotopic (exact) mass is 460 g/mol. The topological polar surface area (TPSA) is 161 Å². The van der Waals surface area contributed by atoms with E-state index in [1.807, 2.05) is 0 Å². The van der Waals surface area contributed by atoms with Crippen LogP contribution in [0.25, 0.3) is 0 Å². The number of hydrogen-bond acceptors (Lipinski definition) is 7. The minimum atomic E-state index is -3.89. The molecule has 1 aliphatic carbocycles. The van der Waals surface area contributed by atoms with Crippen LogP contribution >= 0.6 is 11.8 Å². The molecule has 0 spiro atoms. The summed E-state index contributed by atoms with van der Waals surface area (Å²) in [5.74, 6) is -2.89. The Morgan fingerprint density at radius 3 is 2.23 bits per heavy atom. The quantitative estimate of drug-likeness (QED) is 0.564. The van der Waals surface area contributed by atoms with Gasteiger partial charge in [0.25, 0.3) is 0 Å². The van der Waals surface area contributed by atoms with Gasteiger partial charge in [-0.2, -0.15) is 0 Å². The lowest BCUT2D eigenvalue weighted by atomic mass is 9.95.